The molecule has 1 amide bonds. The number of rotatable bonds is 2. The first-order chi connectivity index (χ1) is 6.75. The lowest BCUT2D eigenvalue weighted by Gasteiger charge is -2.08. The Balaban J connectivity index is 1.98. The molecule has 2 rings (SSSR count). The third-order valence-electron chi connectivity index (χ3n) is 2.11. The van der Waals surface area contributed by atoms with Crippen LogP contribution in [0.25, 0.3) is 0 Å². The maximum absolute atomic E-state index is 11.5. The lowest BCUT2D eigenvalue weighted by Crippen LogP contribution is -2.35. The van der Waals surface area contributed by atoms with Gasteiger partial charge in [0, 0.05) is 12.7 Å². The maximum atomic E-state index is 11.5. The van der Waals surface area contributed by atoms with Gasteiger partial charge >= 0.3 is 0 Å². The summed E-state index contributed by atoms with van der Waals surface area (Å²) in [5, 5.41) is 7.54. The van der Waals surface area contributed by atoms with Crippen molar-refractivity contribution in [3.63, 3.8) is 0 Å². The van der Waals surface area contributed by atoms with Crippen molar-refractivity contribution in [3.8, 4) is 0 Å². The van der Waals surface area contributed by atoms with Crippen LogP contribution in [0.1, 0.15) is 16.9 Å². The number of carbonyl (C=O) groups is 1. The van der Waals surface area contributed by atoms with Crippen LogP contribution in [-0.2, 0) is 4.74 Å². The summed E-state index contributed by atoms with van der Waals surface area (Å²) in [6.45, 7) is 1.22. The van der Waals surface area contributed by atoms with E-state index in [9.17, 15) is 9.59 Å². The van der Waals surface area contributed by atoms with Gasteiger partial charge in [-0.2, -0.15) is 0 Å². The van der Waals surface area contributed by atoms with Crippen LogP contribution in [0.3, 0.4) is 0 Å². The van der Waals surface area contributed by atoms with Gasteiger partial charge in [-0.1, -0.05) is 0 Å². The fourth-order valence-corrected chi connectivity index (χ4v) is 1.37. The average molecular weight is 197 g/mol. The molecule has 1 aromatic rings. The van der Waals surface area contributed by atoms with Gasteiger partial charge < -0.3 is 10.1 Å². The standard InChI is InChI=1S/C8H11N3O3/c12-7-3-6(10-11-7)8(13)9-5-1-2-14-4-5/h3,5H,1-2,4H2,(H,9,13)(H2,10,11,12). The second kappa shape index (κ2) is 3.67. The number of carbonyl (C=O) groups excluding carboxylic acids is 1. The molecule has 1 aliphatic heterocycles. The lowest BCUT2D eigenvalue weighted by atomic mass is 10.2. The van der Waals surface area contributed by atoms with Gasteiger partial charge in [0.05, 0.1) is 12.6 Å². The van der Waals surface area contributed by atoms with Crippen molar-refractivity contribution in [2.45, 2.75) is 12.5 Å². The van der Waals surface area contributed by atoms with E-state index in [0.717, 1.165) is 6.42 Å². The molecule has 3 N–H and O–H groups in total. The van der Waals surface area contributed by atoms with Crippen LogP contribution in [-0.4, -0.2) is 35.4 Å². The van der Waals surface area contributed by atoms with Crippen molar-refractivity contribution in [3.05, 3.63) is 22.1 Å². The molecule has 6 heteroatoms. The normalized spacial score (nSPS) is 21.0. The monoisotopic (exact) mass is 197 g/mol. The highest BCUT2D eigenvalue weighted by Crippen LogP contribution is 2.03. The number of amides is 1. The fourth-order valence-electron chi connectivity index (χ4n) is 1.37. The van der Waals surface area contributed by atoms with Gasteiger partial charge in [0.2, 0.25) is 0 Å². The summed E-state index contributed by atoms with van der Waals surface area (Å²) >= 11 is 0. The third kappa shape index (κ3) is 1.85. The van der Waals surface area contributed by atoms with E-state index < -0.39 is 0 Å². The summed E-state index contributed by atoms with van der Waals surface area (Å²) in [7, 11) is 0. The Morgan fingerprint density at radius 1 is 1.57 bits per heavy atom. The molecule has 76 valence electrons. The number of aromatic amines is 2. The van der Waals surface area contributed by atoms with Gasteiger partial charge in [-0.25, -0.2) is 0 Å². The Bertz CT molecular complexity index is 375. The second-order valence-electron chi connectivity index (χ2n) is 3.21. The molecule has 1 aliphatic rings. The molecule has 1 saturated heterocycles. The lowest BCUT2D eigenvalue weighted by molar-refractivity contribution is 0.0925. The van der Waals surface area contributed by atoms with Crippen LogP contribution < -0.4 is 10.9 Å². The van der Waals surface area contributed by atoms with Crippen molar-refractivity contribution in [1.82, 2.24) is 15.5 Å². The maximum Gasteiger partial charge on any atom is 0.269 e. The molecule has 0 spiro atoms. The Morgan fingerprint density at radius 3 is 3.00 bits per heavy atom. The van der Waals surface area contributed by atoms with E-state index >= 15 is 0 Å². The zero-order chi connectivity index (χ0) is 9.97. The largest absolute Gasteiger partial charge is 0.379 e. The average Bonchev–Trinajstić information content (AvgIpc) is 2.75. The summed E-state index contributed by atoms with van der Waals surface area (Å²) in [4.78, 5) is 22.2. The third-order valence-corrected chi connectivity index (χ3v) is 2.11. The Labute approximate surface area is 79.6 Å². The van der Waals surface area contributed by atoms with E-state index in [-0.39, 0.29) is 23.2 Å². The molecular weight excluding hydrogens is 186 g/mol. The van der Waals surface area contributed by atoms with Crippen molar-refractivity contribution in [2.75, 3.05) is 13.2 Å². The minimum atomic E-state index is -0.308. The fraction of sp³-hybridized carbons (Fsp3) is 0.500. The van der Waals surface area contributed by atoms with Crippen molar-refractivity contribution in [2.24, 2.45) is 0 Å². The molecule has 1 aromatic heterocycles. The van der Waals surface area contributed by atoms with Gasteiger partial charge in [-0.15, -0.1) is 0 Å². The first-order valence-corrected chi connectivity index (χ1v) is 4.42. The van der Waals surface area contributed by atoms with Gasteiger partial charge in [0.15, 0.2) is 0 Å². The van der Waals surface area contributed by atoms with Gasteiger partial charge in [0.25, 0.3) is 11.5 Å². The highest BCUT2D eigenvalue weighted by molar-refractivity contribution is 5.92. The molecule has 0 aromatic carbocycles. The number of nitrogens with one attached hydrogen (secondary N) is 3. The highest BCUT2D eigenvalue weighted by atomic mass is 16.5. The molecule has 0 aliphatic carbocycles. The van der Waals surface area contributed by atoms with Crippen LogP contribution in [0.5, 0.6) is 0 Å². The van der Waals surface area contributed by atoms with E-state index in [0.29, 0.717) is 13.2 Å². The van der Waals surface area contributed by atoms with Gasteiger partial charge in [0.1, 0.15) is 5.69 Å². The molecule has 0 radical (unpaired) electrons. The molecule has 0 bridgehead atoms. The van der Waals surface area contributed by atoms with Crippen LogP contribution in [0, 0.1) is 0 Å². The smallest absolute Gasteiger partial charge is 0.269 e. The molecule has 1 atom stereocenters. The Morgan fingerprint density at radius 2 is 2.43 bits per heavy atom. The van der Waals surface area contributed by atoms with E-state index in [1.165, 1.54) is 6.07 Å². The molecular formula is C8H11N3O3. The minimum absolute atomic E-state index is 0.0564. The molecule has 2 heterocycles. The summed E-state index contributed by atoms with van der Waals surface area (Å²) in [5.74, 6) is -0.279. The molecule has 6 nitrogen and oxygen atoms in total. The predicted octanol–water partition coefficient (Wildman–Crippen LogP) is -0.778. The van der Waals surface area contributed by atoms with E-state index in [1.807, 2.05) is 0 Å². The first kappa shape index (κ1) is 9.01. The second-order valence-corrected chi connectivity index (χ2v) is 3.21. The van der Waals surface area contributed by atoms with E-state index in [1.54, 1.807) is 0 Å². The molecule has 0 saturated carbocycles. The quantitative estimate of drug-likeness (QED) is 0.581. The van der Waals surface area contributed by atoms with Gasteiger partial charge in [-0.3, -0.25) is 19.8 Å². The van der Waals surface area contributed by atoms with Crippen molar-refractivity contribution < 1.29 is 9.53 Å². The zero-order valence-electron chi connectivity index (χ0n) is 7.50. The Hall–Kier alpha value is -1.56. The summed E-state index contributed by atoms with van der Waals surface area (Å²) in [5.41, 5.74) is -0.0558. The number of ether oxygens (including phenoxy) is 1. The summed E-state index contributed by atoms with van der Waals surface area (Å²) < 4.78 is 5.10. The van der Waals surface area contributed by atoms with Crippen LogP contribution in [0.4, 0.5) is 0 Å². The number of H-pyrrole nitrogens is 2. The number of hydrogen-bond acceptors (Lipinski definition) is 3. The SMILES string of the molecule is O=C(NC1CCOC1)c1cc(=O)[nH][nH]1. The van der Waals surface area contributed by atoms with Crippen LogP contribution in [0.2, 0.25) is 0 Å². The minimum Gasteiger partial charge on any atom is -0.379 e. The van der Waals surface area contributed by atoms with Crippen LogP contribution >= 0.6 is 0 Å². The molecule has 1 unspecified atom stereocenters. The zero-order valence-corrected chi connectivity index (χ0v) is 7.50. The highest BCUT2D eigenvalue weighted by Gasteiger charge is 2.19. The van der Waals surface area contributed by atoms with Gasteiger partial charge in [-0.05, 0) is 6.42 Å². The van der Waals surface area contributed by atoms with Crippen LogP contribution in [0.15, 0.2) is 10.9 Å². The Kier molecular flexibility index (Phi) is 2.36. The van der Waals surface area contributed by atoms with E-state index in [2.05, 4.69) is 15.5 Å². The van der Waals surface area contributed by atoms with Crippen molar-refractivity contribution in [1.29, 1.82) is 0 Å². The topological polar surface area (TPSA) is 87.0 Å². The first-order valence-electron chi connectivity index (χ1n) is 4.42. The summed E-state index contributed by atoms with van der Waals surface area (Å²) in [6, 6.07) is 1.28. The van der Waals surface area contributed by atoms with E-state index in [4.69, 9.17) is 4.74 Å². The van der Waals surface area contributed by atoms with Crippen molar-refractivity contribution >= 4 is 5.91 Å². The number of aromatic nitrogens is 2. The summed E-state index contributed by atoms with van der Waals surface area (Å²) in [6.07, 6.45) is 0.820. The predicted molar refractivity (Wildman–Crippen MR) is 48.1 cm³/mol. The molecule has 1 fully saturated rings. The number of hydrogen-bond donors (Lipinski definition) is 3. The molecule has 14 heavy (non-hydrogen) atoms.